The van der Waals surface area contributed by atoms with Gasteiger partial charge in [0.15, 0.2) is 0 Å². The van der Waals surface area contributed by atoms with Crippen molar-refractivity contribution in [2.45, 2.75) is 26.4 Å². The number of halogens is 1. The molecule has 7 heteroatoms. The quantitative estimate of drug-likeness (QED) is 0.737. The fraction of sp³-hybridized carbons (Fsp3) is 0.417. The molecule has 0 aliphatic rings. The molecule has 0 bridgehead atoms. The summed E-state index contributed by atoms with van der Waals surface area (Å²) in [6.45, 7) is 2.82. The molecule has 0 amide bonds. The van der Waals surface area contributed by atoms with Crippen molar-refractivity contribution in [2.24, 2.45) is 7.05 Å². The zero-order valence-electron chi connectivity index (χ0n) is 10.8. The van der Waals surface area contributed by atoms with E-state index in [1.165, 1.54) is 4.57 Å². The lowest BCUT2D eigenvalue weighted by molar-refractivity contribution is 0.560. The minimum Gasteiger partial charge on any atom is -0.300 e. The monoisotopic (exact) mass is 374 g/mol. The predicted molar refractivity (Wildman–Crippen MR) is 80.3 cm³/mol. The third-order valence-electron chi connectivity index (χ3n) is 2.92. The fourth-order valence-corrected chi connectivity index (χ4v) is 2.51. The molecule has 0 atom stereocenters. The summed E-state index contributed by atoms with van der Waals surface area (Å²) in [6, 6.07) is 0. The van der Waals surface area contributed by atoms with Gasteiger partial charge in [-0.05, 0) is 41.5 Å². The second kappa shape index (κ2) is 5.72. The molecule has 2 aromatic heterocycles. The van der Waals surface area contributed by atoms with Crippen LogP contribution in [-0.2, 0) is 26.6 Å². The summed E-state index contributed by atoms with van der Waals surface area (Å²) in [5.41, 5.74) is 0.534. The minimum atomic E-state index is -0.253. The maximum atomic E-state index is 12.1. The summed E-state index contributed by atoms with van der Waals surface area (Å²) >= 11 is 1.96. The molecule has 0 N–H and O–H groups in total. The van der Waals surface area contributed by atoms with Gasteiger partial charge in [-0.1, -0.05) is 0 Å². The van der Waals surface area contributed by atoms with Crippen molar-refractivity contribution in [1.82, 2.24) is 18.9 Å². The lowest BCUT2D eigenvalue weighted by Gasteiger charge is -2.08. The number of aryl methyl sites for hydroxylation is 3. The number of hydrogen-bond acceptors (Lipinski definition) is 3. The average molecular weight is 374 g/mol. The standard InChI is InChI=1S/C12H15IN4O2/c1-3-16-8-10(13)11(18)17(12(16)19)5-4-9-6-14-15(2)7-9/h6-8H,3-5H2,1-2H3. The molecular formula is C12H15IN4O2. The molecule has 2 aromatic rings. The Balaban J connectivity index is 2.32. The van der Waals surface area contributed by atoms with Gasteiger partial charge in [0.25, 0.3) is 5.56 Å². The fourth-order valence-electron chi connectivity index (χ4n) is 1.88. The van der Waals surface area contributed by atoms with Gasteiger partial charge in [-0.3, -0.25) is 18.6 Å². The van der Waals surface area contributed by atoms with E-state index in [0.717, 1.165) is 5.56 Å². The van der Waals surface area contributed by atoms with E-state index in [4.69, 9.17) is 0 Å². The minimum absolute atomic E-state index is 0.223. The summed E-state index contributed by atoms with van der Waals surface area (Å²) in [5, 5.41) is 4.07. The highest BCUT2D eigenvalue weighted by molar-refractivity contribution is 14.1. The smallest absolute Gasteiger partial charge is 0.300 e. The van der Waals surface area contributed by atoms with Crippen LogP contribution in [0.5, 0.6) is 0 Å². The van der Waals surface area contributed by atoms with Gasteiger partial charge in [-0.25, -0.2) is 4.79 Å². The van der Waals surface area contributed by atoms with Crippen LogP contribution in [0.2, 0.25) is 0 Å². The molecule has 19 heavy (non-hydrogen) atoms. The van der Waals surface area contributed by atoms with Gasteiger partial charge in [0, 0.05) is 32.5 Å². The highest BCUT2D eigenvalue weighted by atomic mass is 127. The van der Waals surface area contributed by atoms with E-state index in [9.17, 15) is 9.59 Å². The van der Waals surface area contributed by atoms with E-state index in [1.54, 1.807) is 21.6 Å². The van der Waals surface area contributed by atoms with Gasteiger partial charge in [-0.2, -0.15) is 5.10 Å². The first kappa shape index (κ1) is 14.0. The number of hydrogen-bond donors (Lipinski definition) is 0. The maximum Gasteiger partial charge on any atom is 0.331 e. The van der Waals surface area contributed by atoms with Gasteiger partial charge >= 0.3 is 5.69 Å². The molecular weight excluding hydrogens is 359 g/mol. The maximum absolute atomic E-state index is 12.1. The van der Waals surface area contributed by atoms with Crippen molar-refractivity contribution >= 4 is 22.6 Å². The van der Waals surface area contributed by atoms with Gasteiger partial charge in [0.1, 0.15) is 0 Å². The number of rotatable bonds is 4. The summed E-state index contributed by atoms with van der Waals surface area (Å²) in [7, 11) is 1.84. The largest absolute Gasteiger partial charge is 0.331 e. The zero-order valence-corrected chi connectivity index (χ0v) is 13.0. The second-order valence-corrected chi connectivity index (χ2v) is 5.44. The van der Waals surface area contributed by atoms with Crippen LogP contribution in [0.25, 0.3) is 0 Å². The molecule has 0 unspecified atom stereocenters. The first-order valence-corrected chi connectivity index (χ1v) is 7.08. The van der Waals surface area contributed by atoms with Gasteiger partial charge in [0.05, 0.1) is 9.77 Å². The van der Waals surface area contributed by atoms with Crippen molar-refractivity contribution in [3.05, 3.63) is 48.6 Å². The second-order valence-electron chi connectivity index (χ2n) is 4.27. The van der Waals surface area contributed by atoms with Gasteiger partial charge < -0.3 is 0 Å². The number of nitrogens with zero attached hydrogens (tertiary/aromatic N) is 4. The van der Waals surface area contributed by atoms with E-state index in [2.05, 4.69) is 5.10 Å². The summed E-state index contributed by atoms with van der Waals surface area (Å²) in [5.74, 6) is 0. The Morgan fingerprint density at radius 2 is 2.05 bits per heavy atom. The van der Waals surface area contributed by atoms with Gasteiger partial charge in [0.2, 0.25) is 0 Å². The third-order valence-corrected chi connectivity index (χ3v) is 3.66. The SMILES string of the molecule is CCn1cc(I)c(=O)n(CCc2cnn(C)c2)c1=O. The Bertz CT molecular complexity index is 698. The predicted octanol–water partition coefficient (Wildman–Crippen LogP) is 0.611. The highest BCUT2D eigenvalue weighted by Crippen LogP contribution is 1.99. The molecule has 0 saturated heterocycles. The Morgan fingerprint density at radius 3 is 2.63 bits per heavy atom. The van der Waals surface area contributed by atoms with E-state index in [1.807, 2.05) is 42.8 Å². The summed E-state index contributed by atoms with van der Waals surface area (Å²) in [4.78, 5) is 24.1. The molecule has 0 aromatic carbocycles. The van der Waals surface area contributed by atoms with Crippen LogP contribution in [0.3, 0.4) is 0 Å². The van der Waals surface area contributed by atoms with Crippen LogP contribution >= 0.6 is 22.6 Å². The van der Waals surface area contributed by atoms with E-state index < -0.39 is 0 Å². The first-order chi connectivity index (χ1) is 9.02. The van der Waals surface area contributed by atoms with Crippen LogP contribution in [0.15, 0.2) is 28.2 Å². The lowest BCUT2D eigenvalue weighted by Crippen LogP contribution is -2.41. The van der Waals surface area contributed by atoms with Crippen molar-refractivity contribution < 1.29 is 0 Å². The van der Waals surface area contributed by atoms with Crippen LogP contribution in [0, 0.1) is 3.57 Å². The van der Waals surface area contributed by atoms with Crippen LogP contribution < -0.4 is 11.2 Å². The van der Waals surface area contributed by atoms with Crippen LogP contribution in [0.1, 0.15) is 12.5 Å². The third kappa shape index (κ3) is 2.96. The molecule has 0 aliphatic heterocycles. The molecule has 6 nitrogen and oxygen atoms in total. The summed E-state index contributed by atoms with van der Waals surface area (Å²) in [6.07, 6.45) is 5.85. The van der Waals surface area contributed by atoms with Crippen molar-refractivity contribution in [1.29, 1.82) is 0 Å². The molecule has 102 valence electrons. The molecule has 0 saturated carbocycles. The van der Waals surface area contributed by atoms with E-state index >= 15 is 0 Å². The Hall–Kier alpha value is -1.38. The van der Waals surface area contributed by atoms with Crippen molar-refractivity contribution in [3.8, 4) is 0 Å². The molecule has 0 radical (unpaired) electrons. The topological polar surface area (TPSA) is 61.8 Å². The average Bonchev–Trinajstić information content (AvgIpc) is 2.79. The van der Waals surface area contributed by atoms with Crippen molar-refractivity contribution in [3.63, 3.8) is 0 Å². The molecule has 0 fully saturated rings. The Labute approximate surface area is 123 Å². The normalized spacial score (nSPS) is 10.9. The Morgan fingerprint density at radius 1 is 1.32 bits per heavy atom. The molecule has 0 spiro atoms. The van der Waals surface area contributed by atoms with Gasteiger partial charge in [-0.15, -0.1) is 0 Å². The first-order valence-electron chi connectivity index (χ1n) is 6.00. The van der Waals surface area contributed by atoms with E-state index in [0.29, 0.717) is 23.1 Å². The van der Waals surface area contributed by atoms with Crippen LogP contribution in [-0.4, -0.2) is 18.9 Å². The zero-order chi connectivity index (χ0) is 14.0. The Kier molecular flexibility index (Phi) is 4.23. The van der Waals surface area contributed by atoms with Crippen LogP contribution in [0.4, 0.5) is 0 Å². The molecule has 2 heterocycles. The lowest BCUT2D eigenvalue weighted by atomic mass is 10.2. The molecule has 2 rings (SSSR count). The molecule has 0 aliphatic carbocycles. The highest BCUT2D eigenvalue weighted by Gasteiger charge is 2.09. The number of aromatic nitrogens is 4. The van der Waals surface area contributed by atoms with E-state index in [-0.39, 0.29) is 11.2 Å². The summed E-state index contributed by atoms with van der Waals surface area (Å²) < 4.78 is 5.10. The van der Waals surface area contributed by atoms with Crippen molar-refractivity contribution in [2.75, 3.05) is 0 Å².